The molecule has 0 saturated carbocycles. The normalized spacial score (nSPS) is 12.2. The van der Waals surface area contributed by atoms with Gasteiger partial charge >= 0.3 is 0 Å². The van der Waals surface area contributed by atoms with Crippen molar-refractivity contribution < 1.29 is 26.4 Å². The van der Waals surface area contributed by atoms with Gasteiger partial charge in [-0.05, 0) is 79.7 Å². The van der Waals surface area contributed by atoms with Crippen LogP contribution in [0.25, 0.3) is 0 Å². The number of carbonyl (C=O) groups excluding carboxylic acids is 2. The maximum atomic E-state index is 12.9. The summed E-state index contributed by atoms with van der Waals surface area (Å²) in [6.07, 6.45) is 0. The summed E-state index contributed by atoms with van der Waals surface area (Å²) in [4.78, 5) is 25.7. The minimum Gasteiger partial charge on any atom is -0.350 e. The predicted octanol–water partition coefficient (Wildman–Crippen LogP) is 3.89. The zero-order valence-electron chi connectivity index (χ0n) is 23.8. The van der Waals surface area contributed by atoms with Gasteiger partial charge in [-0.2, -0.15) is 0 Å². The lowest BCUT2D eigenvalue weighted by Crippen LogP contribution is -2.41. The van der Waals surface area contributed by atoms with Crippen LogP contribution in [0.15, 0.2) is 119 Å². The van der Waals surface area contributed by atoms with E-state index in [0.29, 0.717) is 22.5 Å². The molecule has 0 fully saturated rings. The van der Waals surface area contributed by atoms with Gasteiger partial charge in [0.25, 0.3) is 31.9 Å². The van der Waals surface area contributed by atoms with Crippen LogP contribution >= 0.6 is 0 Å². The van der Waals surface area contributed by atoms with Crippen LogP contribution in [0.1, 0.15) is 27.6 Å². The van der Waals surface area contributed by atoms with Crippen LogP contribution in [0.5, 0.6) is 0 Å². The fourth-order valence-electron chi connectivity index (χ4n) is 4.13. The van der Waals surface area contributed by atoms with Crippen molar-refractivity contribution in [2.75, 3.05) is 29.3 Å². The van der Waals surface area contributed by atoms with Crippen molar-refractivity contribution in [3.05, 3.63) is 120 Å². The predicted molar refractivity (Wildman–Crippen MR) is 166 cm³/mol. The van der Waals surface area contributed by atoms with E-state index in [9.17, 15) is 26.4 Å². The van der Waals surface area contributed by atoms with Gasteiger partial charge in [-0.3, -0.25) is 18.2 Å². The van der Waals surface area contributed by atoms with Gasteiger partial charge < -0.3 is 10.6 Å². The average molecular weight is 621 g/mol. The van der Waals surface area contributed by atoms with E-state index in [1.165, 1.54) is 62.6 Å². The monoisotopic (exact) mass is 620 g/mol. The number of nitrogens with zero attached hydrogens (tertiary/aromatic N) is 2. The zero-order valence-corrected chi connectivity index (χ0v) is 25.5. The molecule has 224 valence electrons. The van der Waals surface area contributed by atoms with Crippen LogP contribution in [0, 0.1) is 0 Å². The highest BCUT2D eigenvalue weighted by molar-refractivity contribution is 7.93. The molecule has 0 aliphatic carbocycles. The number of benzene rings is 4. The van der Waals surface area contributed by atoms with E-state index < -0.39 is 26.1 Å². The van der Waals surface area contributed by atoms with Gasteiger partial charge in [0.05, 0.1) is 21.2 Å². The third-order valence-corrected chi connectivity index (χ3v) is 10.3. The molecule has 1 unspecified atom stereocenters. The van der Waals surface area contributed by atoms with E-state index in [-0.39, 0.29) is 28.2 Å². The first-order valence-electron chi connectivity index (χ1n) is 13.3. The molecule has 0 aliphatic rings. The van der Waals surface area contributed by atoms with E-state index in [4.69, 9.17) is 0 Å². The Morgan fingerprint density at radius 1 is 0.605 bits per heavy atom. The summed E-state index contributed by atoms with van der Waals surface area (Å²) in [5.41, 5.74) is 1.46. The van der Waals surface area contributed by atoms with Crippen LogP contribution in [-0.2, 0) is 20.0 Å². The molecule has 10 nitrogen and oxygen atoms in total. The summed E-state index contributed by atoms with van der Waals surface area (Å²) in [5.74, 6) is -0.762. The third-order valence-electron chi connectivity index (χ3n) is 6.74. The van der Waals surface area contributed by atoms with Crippen molar-refractivity contribution in [2.45, 2.75) is 22.8 Å². The Morgan fingerprint density at radius 3 is 1.37 bits per heavy atom. The first-order valence-corrected chi connectivity index (χ1v) is 16.2. The highest BCUT2D eigenvalue weighted by Gasteiger charge is 2.22. The van der Waals surface area contributed by atoms with Crippen LogP contribution in [0.4, 0.5) is 11.4 Å². The molecule has 12 heteroatoms. The summed E-state index contributed by atoms with van der Waals surface area (Å²) in [7, 11) is -4.60. The van der Waals surface area contributed by atoms with Gasteiger partial charge in [0.2, 0.25) is 0 Å². The number of rotatable bonds is 11. The lowest BCUT2D eigenvalue weighted by atomic mass is 10.1. The summed E-state index contributed by atoms with van der Waals surface area (Å²) in [5, 5.41) is 5.56. The molecule has 0 spiro atoms. The fraction of sp³-hybridized carbons (Fsp3) is 0.161. The second kappa shape index (κ2) is 13.1. The van der Waals surface area contributed by atoms with Gasteiger partial charge in [-0.25, -0.2) is 16.8 Å². The Kier molecular flexibility index (Phi) is 9.52. The first-order chi connectivity index (χ1) is 20.4. The van der Waals surface area contributed by atoms with Crippen molar-refractivity contribution in [1.29, 1.82) is 0 Å². The van der Waals surface area contributed by atoms with Gasteiger partial charge in [-0.15, -0.1) is 0 Å². The molecule has 0 aromatic heterocycles. The molecule has 0 aliphatic heterocycles. The summed E-state index contributed by atoms with van der Waals surface area (Å²) in [6, 6.07) is 28.0. The van der Waals surface area contributed by atoms with E-state index >= 15 is 0 Å². The van der Waals surface area contributed by atoms with E-state index in [1.54, 1.807) is 67.6 Å². The Balaban J connectivity index is 1.30. The van der Waals surface area contributed by atoms with Crippen molar-refractivity contribution in [1.82, 2.24) is 10.6 Å². The van der Waals surface area contributed by atoms with Crippen LogP contribution in [0.3, 0.4) is 0 Å². The molecule has 2 amide bonds. The van der Waals surface area contributed by atoms with Crippen molar-refractivity contribution in [3.63, 3.8) is 0 Å². The Morgan fingerprint density at radius 2 is 0.977 bits per heavy atom. The molecule has 0 saturated heterocycles. The lowest BCUT2D eigenvalue weighted by molar-refractivity contribution is 0.0912. The summed E-state index contributed by atoms with van der Waals surface area (Å²) >= 11 is 0. The van der Waals surface area contributed by atoms with Crippen molar-refractivity contribution in [3.8, 4) is 0 Å². The van der Waals surface area contributed by atoms with Gasteiger partial charge in [0.15, 0.2) is 0 Å². The van der Waals surface area contributed by atoms with Crippen molar-refractivity contribution >= 4 is 43.2 Å². The van der Waals surface area contributed by atoms with E-state index in [2.05, 4.69) is 10.6 Å². The van der Waals surface area contributed by atoms with Crippen molar-refractivity contribution in [2.24, 2.45) is 0 Å². The molecule has 0 bridgehead atoms. The number of nitrogens with one attached hydrogen (secondary N) is 2. The number of amides is 2. The number of anilines is 2. The highest BCUT2D eigenvalue weighted by atomic mass is 32.2. The third kappa shape index (κ3) is 7.22. The number of sulfonamides is 2. The van der Waals surface area contributed by atoms with E-state index in [0.717, 1.165) is 8.61 Å². The van der Waals surface area contributed by atoms with Gasteiger partial charge in [0, 0.05) is 37.8 Å². The molecule has 4 aromatic carbocycles. The second-order valence-electron chi connectivity index (χ2n) is 9.75. The molecule has 1 atom stereocenters. The van der Waals surface area contributed by atoms with Gasteiger partial charge in [0.1, 0.15) is 0 Å². The highest BCUT2D eigenvalue weighted by Crippen LogP contribution is 2.23. The molecule has 4 aromatic rings. The number of hydrogen-bond acceptors (Lipinski definition) is 6. The molecular formula is C31H32N4O6S2. The number of hydrogen-bond donors (Lipinski definition) is 2. The largest absolute Gasteiger partial charge is 0.350 e. The summed E-state index contributed by atoms with van der Waals surface area (Å²) in [6.45, 7) is 1.88. The minimum absolute atomic E-state index is 0.144. The quantitative estimate of drug-likeness (QED) is 0.262. The summed E-state index contributed by atoms with van der Waals surface area (Å²) < 4.78 is 53.7. The Bertz CT molecular complexity index is 1780. The Labute approximate surface area is 252 Å². The molecular weight excluding hydrogens is 588 g/mol. The zero-order chi connectivity index (χ0) is 31.2. The topological polar surface area (TPSA) is 133 Å². The number of carbonyl (C=O) groups is 2. The van der Waals surface area contributed by atoms with E-state index in [1.807, 2.05) is 0 Å². The average Bonchev–Trinajstić information content (AvgIpc) is 3.03. The molecule has 0 heterocycles. The maximum absolute atomic E-state index is 12.9. The first kappa shape index (κ1) is 31.3. The van der Waals surface area contributed by atoms with Crippen LogP contribution in [-0.4, -0.2) is 55.3 Å². The Hall–Kier alpha value is -4.68. The van der Waals surface area contributed by atoms with Gasteiger partial charge in [-0.1, -0.05) is 36.4 Å². The molecule has 0 radical (unpaired) electrons. The second-order valence-corrected chi connectivity index (χ2v) is 13.7. The molecule has 4 rings (SSSR count). The molecule has 43 heavy (non-hydrogen) atoms. The smallest absolute Gasteiger partial charge is 0.264 e. The molecule has 2 N–H and O–H groups in total. The standard InChI is InChI=1S/C31H32N4O6S2/c1-23(33-31(37)25-16-20-27(21-17-25)35(3)43(40,41)29-12-8-5-9-13-29)22-32-30(36)24-14-18-26(19-15-24)34(2)42(38,39)28-10-6-4-7-11-28/h4-21,23H,22H2,1-3H3,(H,32,36)(H,33,37). The SMILES string of the molecule is CC(CNC(=O)c1ccc(N(C)S(=O)(=O)c2ccccc2)cc1)NC(=O)c1ccc(N(C)S(=O)(=O)c2ccccc2)cc1. The van der Waals surface area contributed by atoms with Crippen LogP contribution < -0.4 is 19.2 Å². The minimum atomic E-state index is -3.74. The van der Waals surface area contributed by atoms with Crippen LogP contribution in [0.2, 0.25) is 0 Å². The fourth-order valence-corrected chi connectivity index (χ4v) is 6.56. The lowest BCUT2D eigenvalue weighted by Gasteiger charge is -2.20. The maximum Gasteiger partial charge on any atom is 0.264 e.